The van der Waals surface area contributed by atoms with E-state index in [9.17, 15) is 9.59 Å². The van der Waals surface area contributed by atoms with Crippen LogP contribution in [0.1, 0.15) is 44.1 Å². The van der Waals surface area contributed by atoms with Crippen LogP contribution in [-0.4, -0.2) is 80.7 Å². The third-order valence-corrected chi connectivity index (χ3v) is 7.10. The molecule has 2 saturated heterocycles. The highest BCUT2D eigenvalue weighted by molar-refractivity contribution is 5.90. The predicted octanol–water partition coefficient (Wildman–Crippen LogP) is 1.95. The van der Waals surface area contributed by atoms with Gasteiger partial charge in [0.1, 0.15) is 5.75 Å². The number of hydrogen-bond donors (Lipinski definition) is 1. The van der Waals surface area contributed by atoms with E-state index in [1.54, 1.807) is 7.11 Å². The van der Waals surface area contributed by atoms with Crippen LogP contribution in [0.4, 0.5) is 0 Å². The molecule has 2 aliphatic heterocycles. The molecule has 0 bridgehead atoms. The zero-order valence-electron chi connectivity index (χ0n) is 18.6. The highest BCUT2D eigenvalue weighted by atomic mass is 16.5. The number of morpholine rings is 1. The second kappa shape index (κ2) is 10.0. The van der Waals surface area contributed by atoms with Crippen LogP contribution < -0.4 is 10.1 Å². The van der Waals surface area contributed by atoms with Crippen molar-refractivity contribution in [1.29, 1.82) is 0 Å². The summed E-state index contributed by atoms with van der Waals surface area (Å²) in [5.41, 5.74) is 0.401. The van der Waals surface area contributed by atoms with Gasteiger partial charge in [0, 0.05) is 44.7 Å². The number of likely N-dealkylation sites (tertiary alicyclic amines) is 1. The Bertz CT molecular complexity index is 772. The van der Waals surface area contributed by atoms with Gasteiger partial charge in [-0.1, -0.05) is 37.5 Å². The average molecular weight is 430 g/mol. The molecule has 1 aromatic carbocycles. The van der Waals surface area contributed by atoms with E-state index in [-0.39, 0.29) is 17.9 Å². The number of amides is 2. The van der Waals surface area contributed by atoms with Gasteiger partial charge < -0.3 is 19.7 Å². The molecule has 170 valence electrons. The molecule has 1 atom stereocenters. The third kappa shape index (κ3) is 4.88. The van der Waals surface area contributed by atoms with Crippen molar-refractivity contribution in [2.45, 2.75) is 50.0 Å². The fourth-order valence-electron chi connectivity index (χ4n) is 5.31. The van der Waals surface area contributed by atoms with Gasteiger partial charge in [0.05, 0.1) is 31.8 Å². The van der Waals surface area contributed by atoms with Crippen LogP contribution in [0, 0.1) is 0 Å². The molecule has 1 N–H and O–H groups in total. The quantitative estimate of drug-likeness (QED) is 0.717. The first-order chi connectivity index (χ1) is 15.1. The van der Waals surface area contributed by atoms with Crippen molar-refractivity contribution in [3.8, 4) is 5.75 Å². The molecule has 0 spiro atoms. The van der Waals surface area contributed by atoms with Crippen molar-refractivity contribution >= 4 is 11.8 Å². The minimum Gasteiger partial charge on any atom is -0.496 e. The third-order valence-electron chi connectivity index (χ3n) is 7.10. The van der Waals surface area contributed by atoms with Crippen LogP contribution in [0.25, 0.3) is 0 Å². The maximum Gasteiger partial charge on any atom is 0.231 e. The molecule has 7 heteroatoms. The molecular weight excluding hydrogens is 394 g/mol. The minimum atomic E-state index is -0.574. The van der Waals surface area contributed by atoms with Gasteiger partial charge in [-0.2, -0.15) is 0 Å². The molecule has 1 aromatic rings. The van der Waals surface area contributed by atoms with E-state index in [2.05, 4.69) is 10.2 Å². The lowest BCUT2D eigenvalue weighted by molar-refractivity contribution is -0.128. The number of para-hydroxylation sites is 1. The summed E-state index contributed by atoms with van der Waals surface area (Å²) >= 11 is 0. The van der Waals surface area contributed by atoms with Crippen molar-refractivity contribution in [3.63, 3.8) is 0 Å². The van der Waals surface area contributed by atoms with E-state index in [0.29, 0.717) is 19.5 Å². The summed E-state index contributed by atoms with van der Waals surface area (Å²) < 4.78 is 11.0. The second-order valence-electron chi connectivity index (χ2n) is 9.01. The minimum absolute atomic E-state index is 0.0459. The van der Waals surface area contributed by atoms with Gasteiger partial charge in [-0.05, 0) is 18.9 Å². The van der Waals surface area contributed by atoms with E-state index < -0.39 is 5.41 Å². The van der Waals surface area contributed by atoms with Crippen LogP contribution in [-0.2, 0) is 19.7 Å². The zero-order valence-corrected chi connectivity index (χ0v) is 18.6. The Morgan fingerprint density at radius 2 is 1.90 bits per heavy atom. The molecule has 7 nitrogen and oxygen atoms in total. The summed E-state index contributed by atoms with van der Waals surface area (Å²) in [5.74, 6) is 0.951. The molecule has 2 amide bonds. The lowest BCUT2D eigenvalue weighted by Crippen LogP contribution is -2.50. The van der Waals surface area contributed by atoms with Gasteiger partial charge in [-0.15, -0.1) is 0 Å². The molecule has 1 saturated carbocycles. The smallest absolute Gasteiger partial charge is 0.231 e. The highest BCUT2D eigenvalue weighted by Crippen LogP contribution is 2.43. The standard InChI is InChI=1S/C24H35N3O4/c1-30-21-8-4-3-7-20(21)24(9-5-2-6-10-24)23(29)25-19-17-22(28)27(18-19)12-11-26-13-15-31-16-14-26/h3-4,7-8,19H,2,5-6,9-18H2,1H3,(H,25,29). The van der Waals surface area contributed by atoms with E-state index >= 15 is 0 Å². The van der Waals surface area contributed by atoms with Gasteiger partial charge in [-0.25, -0.2) is 0 Å². The molecule has 0 radical (unpaired) electrons. The first-order valence-electron chi connectivity index (χ1n) is 11.6. The number of methoxy groups -OCH3 is 1. The van der Waals surface area contributed by atoms with Gasteiger partial charge in [0.25, 0.3) is 0 Å². The lowest BCUT2D eigenvalue weighted by Gasteiger charge is -2.38. The Labute approximate surface area is 185 Å². The fraction of sp³-hybridized carbons (Fsp3) is 0.667. The monoisotopic (exact) mass is 429 g/mol. The van der Waals surface area contributed by atoms with Gasteiger partial charge in [0.15, 0.2) is 0 Å². The second-order valence-corrected chi connectivity index (χ2v) is 9.01. The maximum atomic E-state index is 13.6. The average Bonchev–Trinajstić information content (AvgIpc) is 3.17. The molecular formula is C24H35N3O4. The molecule has 31 heavy (non-hydrogen) atoms. The molecule has 2 heterocycles. The van der Waals surface area contributed by atoms with E-state index in [4.69, 9.17) is 9.47 Å². The topological polar surface area (TPSA) is 71.1 Å². The summed E-state index contributed by atoms with van der Waals surface area (Å²) in [6, 6.07) is 7.76. The number of rotatable bonds is 7. The maximum absolute atomic E-state index is 13.6. The number of carbonyl (C=O) groups excluding carboxylic acids is 2. The summed E-state index contributed by atoms with van der Waals surface area (Å²) in [7, 11) is 1.66. The van der Waals surface area contributed by atoms with Gasteiger partial charge >= 0.3 is 0 Å². The van der Waals surface area contributed by atoms with Crippen LogP contribution in [0.2, 0.25) is 0 Å². The number of carbonyl (C=O) groups is 2. The summed E-state index contributed by atoms with van der Waals surface area (Å²) in [6.45, 7) is 5.53. The Kier molecular flexibility index (Phi) is 7.13. The van der Waals surface area contributed by atoms with Crippen molar-refractivity contribution in [1.82, 2.24) is 15.1 Å². The number of benzene rings is 1. The van der Waals surface area contributed by atoms with Gasteiger partial charge in [0.2, 0.25) is 11.8 Å². The zero-order chi connectivity index (χ0) is 21.7. The molecule has 3 aliphatic rings. The van der Waals surface area contributed by atoms with Gasteiger partial charge in [-0.3, -0.25) is 14.5 Å². The number of hydrogen-bond acceptors (Lipinski definition) is 5. The van der Waals surface area contributed by atoms with Crippen molar-refractivity contribution < 1.29 is 19.1 Å². The molecule has 4 rings (SSSR count). The Balaban J connectivity index is 1.41. The molecule has 1 unspecified atom stereocenters. The Morgan fingerprint density at radius 1 is 1.16 bits per heavy atom. The largest absolute Gasteiger partial charge is 0.496 e. The van der Waals surface area contributed by atoms with E-state index in [0.717, 1.165) is 76.3 Å². The van der Waals surface area contributed by atoms with Crippen LogP contribution >= 0.6 is 0 Å². The number of nitrogens with one attached hydrogen (secondary N) is 1. The SMILES string of the molecule is COc1ccccc1C1(C(=O)NC2CC(=O)N(CCN3CCOCC3)C2)CCCCC1. The Morgan fingerprint density at radius 3 is 2.65 bits per heavy atom. The normalized spacial score (nSPS) is 24.2. The number of ether oxygens (including phenoxy) is 2. The summed E-state index contributed by atoms with van der Waals surface area (Å²) in [6.07, 6.45) is 5.24. The summed E-state index contributed by atoms with van der Waals surface area (Å²) in [5, 5.41) is 3.25. The van der Waals surface area contributed by atoms with Crippen LogP contribution in [0.15, 0.2) is 24.3 Å². The molecule has 3 fully saturated rings. The highest BCUT2D eigenvalue weighted by Gasteiger charge is 2.44. The predicted molar refractivity (Wildman–Crippen MR) is 118 cm³/mol. The summed E-state index contributed by atoms with van der Waals surface area (Å²) in [4.78, 5) is 30.5. The van der Waals surface area contributed by atoms with E-state index in [1.165, 1.54) is 0 Å². The molecule has 1 aliphatic carbocycles. The lowest BCUT2D eigenvalue weighted by atomic mass is 9.68. The number of nitrogens with zero attached hydrogens (tertiary/aromatic N) is 2. The Hall–Kier alpha value is -2.12. The fourth-order valence-corrected chi connectivity index (χ4v) is 5.31. The van der Waals surface area contributed by atoms with Crippen LogP contribution in [0.3, 0.4) is 0 Å². The van der Waals surface area contributed by atoms with Crippen LogP contribution in [0.5, 0.6) is 5.75 Å². The molecule has 0 aromatic heterocycles. The first kappa shape index (κ1) is 22.1. The first-order valence-corrected chi connectivity index (χ1v) is 11.6. The van der Waals surface area contributed by atoms with E-state index in [1.807, 2.05) is 29.2 Å². The van der Waals surface area contributed by atoms with Crippen molar-refractivity contribution in [3.05, 3.63) is 29.8 Å². The van der Waals surface area contributed by atoms with Crippen molar-refractivity contribution in [2.24, 2.45) is 0 Å². The van der Waals surface area contributed by atoms with Crippen molar-refractivity contribution in [2.75, 3.05) is 53.0 Å².